The van der Waals surface area contributed by atoms with Gasteiger partial charge in [-0.3, -0.25) is 4.79 Å². The molecule has 0 fully saturated rings. The standard InChI is InChI=1S/C15H22N2O3/c1-3-16-15(18)8-9-17(2)10-12-11-19-13-6-4-5-7-14(13)20-12/h4-7,12H,3,8-11H2,1-2H3,(H,16,18). The molecule has 0 spiro atoms. The fourth-order valence-corrected chi connectivity index (χ4v) is 2.17. The summed E-state index contributed by atoms with van der Waals surface area (Å²) in [4.78, 5) is 13.5. The lowest BCUT2D eigenvalue weighted by atomic mass is 10.2. The minimum atomic E-state index is 0.00383. The second kappa shape index (κ2) is 7.14. The lowest BCUT2D eigenvalue weighted by Gasteiger charge is -2.29. The Bertz CT molecular complexity index is 450. The van der Waals surface area contributed by atoms with E-state index in [1.54, 1.807) is 0 Å². The highest BCUT2D eigenvalue weighted by molar-refractivity contribution is 5.75. The Morgan fingerprint density at radius 2 is 2.15 bits per heavy atom. The quantitative estimate of drug-likeness (QED) is 0.852. The maximum Gasteiger partial charge on any atom is 0.221 e. The van der Waals surface area contributed by atoms with Crippen LogP contribution in [0.3, 0.4) is 0 Å². The van der Waals surface area contributed by atoms with Crippen LogP contribution in [0.15, 0.2) is 24.3 Å². The van der Waals surface area contributed by atoms with Crippen LogP contribution in [0.5, 0.6) is 11.5 Å². The van der Waals surface area contributed by atoms with E-state index >= 15 is 0 Å². The number of ether oxygens (including phenoxy) is 2. The summed E-state index contributed by atoms with van der Waals surface area (Å²) in [5.74, 6) is 1.68. The van der Waals surface area contributed by atoms with Crippen molar-refractivity contribution in [2.75, 3.05) is 33.3 Å². The van der Waals surface area contributed by atoms with Gasteiger partial charge in [-0.25, -0.2) is 0 Å². The van der Waals surface area contributed by atoms with E-state index < -0.39 is 0 Å². The molecule has 0 radical (unpaired) electrons. The zero-order valence-electron chi connectivity index (χ0n) is 12.1. The Kier molecular flexibility index (Phi) is 5.24. The molecular formula is C15H22N2O3. The number of carbonyl (C=O) groups excluding carboxylic acids is 1. The highest BCUT2D eigenvalue weighted by Gasteiger charge is 2.21. The van der Waals surface area contributed by atoms with Gasteiger partial charge < -0.3 is 19.7 Å². The molecule has 1 aromatic rings. The van der Waals surface area contributed by atoms with Crippen molar-refractivity contribution in [1.29, 1.82) is 0 Å². The average Bonchev–Trinajstić information content (AvgIpc) is 2.45. The summed E-state index contributed by atoms with van der Waals surface area (Å²) in [7, 11) is 1.99. The van der Waals surface area contributed by atoms with Crippen molar-refractivity contribution >= 4 is 5.91 Å². The maximum absolute atomic E-state index is 11.4. The molecule has 2 rings (SSSR count). The third kappa shape index (κ3) is 4.13. The first kappa shape index (κ1) is 14.7. The van der Waals surface area contributed by atoms with Gasteiger partial charge in [0.2, 0.25) is 5.91 Å². The largest absolute Gasteiger partial charge is 0.486 e. The van der Waals surface area contributed by atoms with Gasteiger partial charge in [-0.05, 0) is 26.1 Å². The van der Waals surface area contributed by atoms with E-state index in [2.05, 4.69) is 10.2 Å². The Balaban J connectivity index is 1.76. The molecule has 1 aliphatic heterocycles. The van der Waals surface area contributed by atoms with Gasteiger partial charge in [0.05, 0.1) is 0 Å². The van der Waals surface area contributed by atoms with Gasteiger partial charge in [-0.2, -0.15) is 0 Å². The van der Waals surface area contributed by atoms with Crippen LogP contribution in [0.2, 0.25) is 0 Å². The molecule has 1 aliphatic rings. The second-order valence-corrected chi connectivity index (χ2v) is 4.96. The van der Waals surface area contributed by atoms with Crippen LogP contribution >= 0.6 is 0 Å². The number of carbonyl (C=O) groups is 1. The first-order valence-electron chi connectivity index (χ1n) is 7.02. The third-order valence-electron chi connectivity index (χ3n) is 3.18. The summed E-state index contributed by atoms with van der Waals surface area (Å²) < 4.78 is 11.6. The third-order valence-corrected chi connectivity index (χ3v) is 3.18. The van der Waals surface area contributed by atoms with Gasteiger partial charge in [0, 0.05) is 26.1 Å². The fraction of sp³-hybridized carbons (Fsp3) is 0.533. The van der Waals surface area contributed by atoms with E-state index in [1.807, 2.05) is 38.2 Å². The summed E-state index contributed by atoms with van der Waals surface area (Å²) in [6.45, 7) is 4.61. The molecule has 1 atom stereocenters. The van der Waals surface area contributed by atoms with Gasteiger partial charge in [-0.1, -0.05) is 12.1 Å². The van der Waals surface area contributed by atoms with Crippen LogP contribution in [0.25, 0.3) is 0 Å². The number of para-hydroxylation sites is 2. The molecular weight excluding hydrogens is 256 g/mol. The zero-order valence-corrected chi connectivity index (χ0v) is 12.1. The normalized spacial score (nSPS) is 17.1. The van der Waals surface area contributed by atoms with Crippen molar-refractivity contribution in [3.8, 4) is 11.5 Å². The van der Waals surface area contributed by atoms with Gasteiger partial charge in [0.1, 0.15) is 12.7 Å². The molecule has 0 bridgehead atoms. The molecule has 1 amide bonds. The fourth-order valence-electron chi connectivity index (χ4n) is 2.17. The summed E-state index contributed by atoms with van der Waals surface area (Å²) in [6, 6.07) is 7.69. The van der Waals surface area contributed by atoms with Crippen molar-refractivity contribution in [3.63, 3.8) is 0 Å². The van der Waals surface area contributed by atoms with Gasteiger partial charge in [-0.15, -0.1) is 0 Å². The lowest BCUT2D eigenvalue weighted by molar-refractivity contribution is -0.121. The van der Waals surface area contributed by atoms with Gasteiger partial charge in [0.25, 0.3) is 0 Å². The van der Waals surface area contributed by atoms with E-state index in [0.717, 1.165) is 18.0 Å². The molecule has 5 nitrogen and oxygen atoms in total. The summed E-state index contributed by atoms with van der Waals surface area (Å²) >= 11 is 0. The second-order valence-electron chi connectivity index (χ2n) is 4.96. The molecule has 1 aromatic carbocycles. The predicted molar refractivity (Wildman–Crippen MR) is 77.2 cm³/mol. The molecule has 110 valence electrons. The minimum absolute atomic E-state index is 0.00383. The number of benzene rings is 1. The molecule has 5 heteroatoms. The van der Waals surface area contributed by atoms with Crippen LogP contribution < -0.4 is 14.8 Å². The van der Waals surface area contributed by atoms with Gasteiger partial charge in [0.15, 0.2) is 11.5 Å². The maximum atomic E-state index is 11.4. The first-order chi connectivity index (χ1) is 9.69. The van der Waals surface area contributed by atoms with Crippen LogP contribution in [0.4, 0.5) is 0 Å². The Hall–Kier alpha value is -1.75. The number of rotatable bonds is 6. The van der Waals surface area contributed by atoms with Crippen LogP contribution in [-0.4, -0.2) is 50.2 Å². The Morgan fingerprint density at radius 3 is 2.90 bits per heavy atom. The molecule has 20 heavy (non-hydrogen) atoms. The number of fused-ring (bicyclic) bond motifs is 1. The summed E-state index contributed by atoms with van der Waals surface area (Å²) in [5.41, 5.74) is 0. The smallest absolute Gasteiger partial charge is 0.221 e. The Labute approximate surface area is 119 Å². The van der Waals surface area contributed by atoms with Crippen molar-refractivity contribution in [2.45, 2.75) is 19.4 Å². The molecule has 1 heterocycles. The van der Waals surface area contributed by atoms with E-state index in [4.69, 9.17) is 9.47 Å². The van der Waals surface area contributed by atoms with Crippen LogP contribution in [-0.2, 0) is 4.79 Å². The molecule has 1 unspecified atom stereocenters. The van der Waals surface area contributed by atoms with Crippen LogP contribution in [0, 0.1) is 0 Å². The van der Waals surface area contributed by atoms with Crippen molar-refractivity contribution in [3.05, 3.63) is 24.3 Å². The predicted octanol–water partition coefficient (Wildman–Crippen LogP) is 1.28. The number of nitrogens with zero attached hydrogens (tertiary/aromatic N) is 1. The van der Waals surface area contributed by atoms with Crippen molar-refractivity contribution in [1.82, 2.24) is 10.2 Å². The summed E-state index contributed by atoms with van der Waals surface area (Å²) in [6.07, 6.45) is 0.512. The van der Waals surface area contributed by atoms with Crippen molar-refractivity contribution < 1.29 is 14.3 Å². The number of hydrogen-bond acceptors (Lipinski definition) is 4. The average molecular weight is 278 g/mol. The van der Waals surface area contributed by atoms with E-state index in [9.17, 15) is 4.79 Å². The lowest BCUT2D eigenvalue weighted by Crippen LogP contribution is -2.40. The Morgan fingerprint density at radius 1 is 1.40 bits per heavy atom. The first-order valence-corrected chi connectivity index (χ1v) is 7.02. The number of nitrogens with one attached hydrogen (secondary N) is 1. The van der Waals surface area contributed by atoms with Gasteiger partial charge >= 0.3 is 0 Å². The number of likely N-dealkylation sites (N-methyl/N-ethyl adjacent to an activating group) is 1. The minimum Gasteiger partial charge on any atom is -0.486 e. The highest BCUT2D eigenvalue weighted by atomic mass is 16.6. The zero-order chi connectivity index (χ0) is 14.4. The van der Waals surface area contributed by atoms with Crippen molar-refractivity contribution in [2.24, 2.45) is 0 Å². The monoisotopic (exact) mass is 278 g/mol. The number of amides is 1. The number of hydrogen-bond donors (Lipinski definition) is 1. The topological polar surface area (TPSA) is 50.8 Å². The van der Waals surface area contributed by atoms with E-state index in [-0.39, 0.29) is 12.0 Å². The SMILES string of the molecule is CCNC(=O)CCN(C)CC1COc2ccccc2O1. The van der Waals surface area contributed by atoms with Crippen LogP contribution in [0.1, 0.15) is 13.3 Å². The van der Waals surface area contributed by atoms with E-state index in [0.29, 0.717) is 26.1 Å². The van der Waals surface area contributed by atoms with E-state index in [1.165, 1.54) is 0 Å². The summed E-state index contributed by atoms with van der Waals surface area (Å²) in [5, 5.41) is 2.80. The molecule has 0 aliphatic carbocycles. The molecule has 0 aromatic heterocycles. The molecule has 0 saturated heterocycles. The molecule has 1 N–H and O–H groups in total. The molecule has 0 saturated carbocycles. The highest BCUT2D eigenvalue weighted by Crippen LogP contribution is 2.30.